The number of nitrogens with one attached hydrogen (secondary N) is 2. The van der Waals surface area contributed by atoms with Crippen LogP contribution in [0.1, 0.15) is 43.1 Å². The van der Waals surface area contributed by atoms with E-state index in [9.17, 15) is 9.59 Å². The predicted molar refractivity (Wildman–Crippen MR) is 110 cm³/mol. The maximum atomic E-state index is 11.9. The van der Waals surface area contributed by atoms with Gasteiger partial charge in [0.1, 0.15) is 5.82 Å². The molecule has 1 aliphatic rings. The van der Waals surface area contributed by atoms with Crippen LogP contribution in [0.4, 0.5) is 17.5 Å². The van der Waals surface area contributed by atoms with E-state index in [1.54, 1.807) is 11.1 Å². The van der Waals surface area contributed by atoms with Gasteiger partial charge in [0.2, 0.25) is 11.9 Å². The molecule has 2 aromatic heterocycles. The lowest BCUT2D eigenvalue weighted by Gasteiger charge is -2.32. The average molecular weight is 398 g/mol. The van der Waals surface area contributed by atoms with Gasteiger partial charge in [-0.05, 0) is 32.8 Å². The van der Waals surface area contributed by atoms with Crippen LogP contribution in [0.15, 0.2) is 31.2 Å². The quantitative estimate of drug-likeness (QED) is 0.605. The van der Waals surface area contributed by atoms with Gasteiger partial charge in [-0.1, -0.05) is 6.58 Å². The lowest BCUT2D eigenvalue weighted by atomic mass is 10.1. The van der Waals surface area contributed by atoms with Crippen molar-refractivity contribution in [3.8, 4) is 0 Å². The molecule has 154 valence electrons. The van der Waals surface area contributed by atoms with E-state index in [2.05, 4.69) is 32.3 Å². The summed E-state index contributed by atoms with van der Waals surface area (Å²) < 4.78 is 1.84. The number of rotatable bonds is 7. The Kier molecular flexibility index (Phi) is 6.10. The van der Waals surface area contributed by atoms with Gasteiger partial charge in [-0.3, -0.25) is 14.3 Å². The van der Waals surface area contributed by atoms with Gasteiger partial charge in [-0.15, -0.1) is 0 Å². The van der Waals surface area contributed by atoms with Crippen LogP contribution in [-0.2, 0) is 4.79 Å². The SMILES string of the molecule is C=CC(=O)N1CCCC(n2cc(Nc3ncc(C(N)=O)c(NC(C)C)n3)cn2)C1. The normalized spacial score (nSPS) is 16.5. The van der Waals surface area contributed by atoms with E-state index in [4.69, 9.17) is 5.73 Å². The molecule has 0 aromatic carbocycles. The van der Waals surface area contributed by atoms with Gasteiger partial charge < -0.3 is 21.3 Å². The third kappa shape index (κ3) is 4.89. The molecule has 2 amide bonds. The fourth-order valence-electron chi connectivity index (χ4n) is 3.24. The average Bonchev–Trinajstić information content (AvgIpc) is 3.15. The Hall–Kier alpha value is -3.43. The fraction of sp³-hybridized carbons (Fsp3) is 0.421. The molecule has 4 N–H and O–H groups in total. The van der Waals surface area contributed by atoms with Crippen molar-refractivity contribution in [2.75, 3.05) is 23.7 Å². The lowest BCUT2D eigenvalue weighted by Crippen LogP contribution is -2.39. The molecule has 1 unspecified atom stereocenters. The van der Waals surface area contributed by atoms with Crippen LogP contribution in [0.3, 0.4) is 0 Å². The summed E-state index contributed by atoms with van der Waals surface area (Å²) in [7, 11) is 0. The van der Waals surface area contributed by atoms with Gasteiger partial charge in [0.05, 0.1) is 23.5 Å². The minimum atomic E-state index is -0.594. The molecule has 29 heavy (non-hydrogen) atoms. The van der Waals surface area contributed by atoms with Crippen molar-refractivity contribution in [3.63, 3.8) is 0 Å². The van der Waals surface area contributed by atoms with Crippen molar-refractivity contribution in [1.82, 2.24) is 24.6 Å². The summed E-state index contributed by atoms with van der Waals surface area (Å²) in [6.07, 6.45) is 8.12. The maximum absolute atomic E-state index is 11.9. The minimum Gasteiger partial charge on any atom is -0.367 e. The van der Waals surface area contributed by atoms with Crippen LogP contribution in [0.25, 0.3) is 0 Å². The van der Waals surface area contributed by atoms with Gasteiger partial charge in [0, 0.05) is 31.5 Å². The second-order valence-corrected chi connectivity index (χ2v) is 7.24. The summed E-state index contributed by atoms with van der Waals surface area (Å²) >= 11 is 0. The Morgan fingerprint density at radius 2 is 2.17 bits per heavy atom. The summed E-state index contributed by atoms with van der Waals surface area (Å²) in [6, 6.07) is 0.172. The van der Waals surface area contributed by atoms with Crippen molar-refractivity contribution < 1.29 is 9.59 Å². The van der Waals surface area contributed by atoms with Gasteiger partial charge >= 0.3 is 0 Å². The molecular weight excluding hydrogens is 372 g/mol. The molecule has 0 bridgehead atoms. The van der Waals surface area contributed by atoms with Crippen molar-refractivity contribution >= 4 is 29.3 Å². The smallest absolute Gasteiger partial charge is 0.254 e. The molecule has 3 rings (SSSR count). The first-order valence-electron chi connectivity index (χ1n) is 9.53. The van der Waals surface area contributed by atoms with Crippen molar-refractivity contribution in [2.45, 2.75) is 38.8 Å². The standard InChI is InChI=1S/C19H26N8O2/c1-4-16(28)26-7-5-6-14(11-26)27-10-13(8-22-27)24-19-21-9-15(17(20)29)18(25-19)23-12(2)3/h4,8-10,12,14H,1,5-7,11H2,2-3H3,(H2,20,29)(H2,21,23,24,25). The fourth-order valence-corrected chi connectivity index (χ4v) is 3.24. The van der Waals surface area contributed by atoms with E-state index in [-0.39, 0.29) is 23.6 Å². The van der Waals surface area contributed by atoms with E-state index in [1.807, 2.05) is 24.7 Å². The zero-order valence-electron chi connectivity index (χ0n) is 16.6. The first-order chi connectivity index (χ1) is 13.9. The van der Waals surface area contributed by atoms with Crippen LogP contribution < -0.4 is 16.4 Å². The topological polar surface area (TPSA) is 131 Å². The number of carbonyl (C=O) groups excluding carboxylic acids is 2. The molecule has 1 fully saturated rings. The number of nitrogens with two attached hydrogens (primary N) is 1. The summed E-state index contributed by atoms with van der Waals surface area (Å²) in [5, 5.41) is 10.6. The number of piperidine rings is 1. The number of primary amides is 1. The van der Waals surface area contributed by atoms with E-state index < -0.39 is 5.91 Å². The van der Waals surface area contributed by atoms with Gasteiger partial charge in [-0.25, -0.2) is 4.98 Å². The number of anilines is 3. The van der Waals surface area contributed by atoms with Crippen molar-refractivity contribution in [2.24, 2.45) is 5.73 Å². The monoisotopic (exact) mass is 398 g/mol. The molecule has 0 radical (unpaired) electrons. The molecule has 1 saturated heterocycles. The van der Waals surface area contributed by atoms with Crippen LogP contribution in [0, 0.1) is 0 Å². The highest BCUT2D eigenvalue weighted by molar-refractivity contribution is 5.97. The number of likely N-dealkylation sites (tertiary alicyclic amines) is 1. The third-order valence-electron chi connectivity index (χ3n) is 4.59. The summed E-state index contributed by atoms with van der Waals surface area (Å²) in [5.74, 6) is 0.0461. The maximum Gasteiger partial charge on any atom is 0.254 e. The second kappa shape index (κ2) is 8.72. The van der Waals surface area contributed by atoms with E-state index in [0.717, 1.165) is 19.4 Å². The van der Waals surface area contributed by atoms with Gasteiger partial charge in [-0.2, -0.15) is 10.1 Å². The Morgan fingerprint density at radius 1 is 1.38 bits per heavy atom. The largest absolute Gasteiger partial charge is 0.367 e. The molecular formula is C19H26N8O2. The molecule has 10 nitrogen and oxygen atoms in total. The zero-order valence-corrected chi connectivity index (χ0v) is 16.6. The Bertz CT molecular complexity index is 907. The molecule has 1 aliphatic heterocycles. The van der Waals surface area contributed by atoms with Gasteiger partial charge in [0.15, 0.2) is 0 Å². The first kappa shape index (κ1) is 20.3. The summed E-state index contributed by atoms with van der Waals surface area (Å²) in [4.78, 5) is 33.8. The van der Waals surface area contributed by atoms with Gasteiger partial charge in [0.25, 0.3) is 5.91 Å². The number of aromatic nitrogens is 4. The molecule has 10 heteroatoms. The van der Waals surface area contributed by atoms with Crippen molar-refractivity contribution in [1.29, 1.82) is 0 Å². The number of nitrogens with zero attached hydrogens (tertiary/aromatic N) is 5. The third-order valence-corrected chi connectivity index (χ3v) is 4.59. The van der Waals surface area contributed by atoms with Crippen LogP contribution in [0.5, 0.6) is 0 Å². The Morgan fingerprint density at radius 3 is 2.86 bits per heavy atom. The van der Waals surface area contributed by atoms with Crippen LogP contribution >= 0.6 is 0 Å². The minimum absolute atomic E-state index is 0.0617. The van der Waals surface area contributed by atoms with Crippen molar-refractivity contribution in [3.05, 3.63) is 36.8 Å². The number of hydrogen-bond donors (Lipinski definition) is 3. The highest BCUT2D eigenvalue weighted by atomic mass is 16.2. The molecule has 1 atom stereocenters. The molecule has 3 heterocycles. The summed E-state index contributed by atoms with van der Waals surface area (Å²) in [5.41, 5.74) is 6.33. The van der Waals surface area contributed by atoms with E-state index in [0.29, 0.717) is 24.0 Å². The molecule has 0 aliphatic carbocycles. The second-order valence-electron chi connectivity index (χ2n) is 7.24. The lowest BCUT2D eigenvalue weighted by molar-refractivity contribution is -0.127. The van der Waals surface area contributed by atoms with Crippen LogP contribution in [-0.4, -0.2) is 55.6 Å². The van der Waals surface area contributed by atoms with E-state index >= 15 is 0 Å². The van der Waals surface area contributed by atoms with E-state index in [1.165, 1.54) is 12.3 Å². The molecule has 2 aromatic rings. The number of amides is 2. The predicted octanol–water partition coefficient (Wildman–Crippen LogP) is 1.69. The highest BCUT2D eigenvalue weighted by Crippen LogP contribution is 2.24. The first-order valence-corrected chi connectivity index (χ1v) is 9.53. The molecule has 0 spiro atoms. The zero-order chi connectivity index (χ0) is 21.0. The number of hydrogen-bond acceptors (Lipinski definition) is 7. The Labute approximate surface area is 169 Å². The highest BCUT2D eigenvalue weighted by Gasteiger charge is 2.24. The van der Waals surface area contributed by atoms with Crippen LogP contribution in [0.2, 0.25) is 0 Å². The Balaban J connectivity index is 1.73. The number of carbonyl (C=O) groups is 2. The molecule has 0 saturated carbocycles. The summed E-state index contributed by atoms with van der Waals surface area (Å²) in [6.45, 7) is 8.76.